The van der Waals surface area contributed by atoms with Gasteiger partial charge in [-0.1, -0.05) is 0 Å². The van der Waals surface area contributed by atoms with E-state index in [0.29, 0.717) is 17.5 Å². The van der Waals surface area contributed by atoms with E-state index < -0.39 is 10.7 Å². The van der Waals surface area contributed by atoms with Gasteiger partial charge in [0, 0.05) is 14.1 Å². The van der Waals surface area contributed by atoms with Crippen molar-refractivity contribution in [2.24, 2.45) is 0 Å². The highest BCUT2D eigenvalue weighted by Gasteiger charge is 2.28. The fraction of sp³-hybridized carbons (Fsp3) is 0.600. The first-order valence-corrected chi connectivity index (χ1v) is 6.26. The van der Waals surface area contributed by atoms with E-state index in [2.05, 4.69) is 15.0 Å². The molecule has 1 heterocycles. The second-order valence-corrected chi connectivity index (χ2v) is 6.01. The maximum atomic E-state index is 11.0. The lowest BCUT2D eigenvalue weighted by Crippen LogP contribution is -2.27. The normalized spacial score (nSPS) is 11.3. The Hall–Kier alpha value is -1.57. The zero-order valence-electron chi connectivity index (χ0n) is 10.8. The third-order valence-corrected chi connectivity index (χ3v) is 3.46. The molecule has 0 atom stereocenters. The Morgan fingerprint density at radius 1 is 1.39 bits per heavy atom. The number of carboxylic acids is 1. The van der Waals surface area contributed by atoms with Crippen molar-refractivity contribution in [1.29, 1.82) is 0 Å². The van der Waals surface area contributed by atoms with Crippen molar-refractivity contribution in [1.82, 2.24) is 15.0 Å². The van der Waals surface area contributed by atoms with Gasteiger partial charge in [-0.25, -0.2) is 0 Å². The summed E-state index contributed by atoms with van der Waals surface area (Å²) in [5.41, 5.74) is 5.58. The predicted octanol–water partition coefficient (Wildman–Crippen LogP) is 0.616. The third kappa shape index (κ3) is 3.73. The Kier molecular flexibility index (Phi) is 4.33. The first-order valence-electron chi connectivity index (χ1n) is 5.27. The van der Waals surface area contributed by atoms with Crippen LogP contribution in [0.1, 0.15) is 19.7 Å². The summed E-state index contributed by atoms with van der Waals surface area (Å²) in [6.45, 7) is 3.27. The van der Waals surface area contributed by atoms with Gasteiger partial charge in [0.1, 0.15) is 10.6 Å². The highest BCUT2D eigenvalue weighted by molar-refractivity contribution is 8.00. The molecule has 0 bridgehead atoms. The van der Waals surface area contributed by atoms with E-state index in [9.17, 15) is 4.79 Å². The highest BCUT2D eigenvalue weighted by Crippen LogP contribution is 2.27. The standard InChI is InChI=1S/C10H17N5O2S/c1-10(2,7(16)17)18-5-6-12-8(11)14-9(13-6)15(3)4/h5H2,1-4H3,(H,16,17)(H2,11,12,13,14). The molecule has 0 aromatic carbocycles. The maximum Gasteiger partial charge on any atom is 0.319 e. The van der Waals surface area contributed by atoms with Crippen molar-refractivity contribution in [3.05, 3.63) is 5.82 Å². The number of nitrogens with zero attached hydrogens (tertiary/aromatic N) is 4. The first-order chi connectivity index (χ1) is 8.22. The molecule has 18 heavy (non-hydrogen) atoms. The molecule has 0 unspecified atom stereocenters. The Morgan fingerprint density at radius 3 is 2.50 bits per heavy atom. The number of nitrogens with two attached hydrogens (primary N) is 1. The van der Waals surface area contributed by atoms with Crippen molar-refractivity contribution in [2.45, 2.75) is 24.3 Å². The largest absolute Gasteiger partial charge is 0.480 e. The van der Waals surface area contributed by atoms with E-state index in [1.165, 1.54) is 11.8 Å². The van der Waals surface area contributed by atoms with E-state index in [0.717, 1.165) is 0 Å². The summed E-state index contributed by atoms with van der Waals surface area (Å²) in [4.78, 5) is 24.9. The molecule has 1 aromatic heterocycles. The number of thioether (sulfide) groups is 1. The Labute approximate surface area is 110 Å². The fourth-order valence-corrected chi connectivity index (χ4v) is 1.74. The lowest BCUT2D eigenvalue weighted by Gasteiger charge is -2.18. The molecular formula is C10H17N5O2S. The van der Waals surface area contributed by atoms with Crippen LogP contribution in [0, 0.1) is 0 Å². The SMILES string of the molecule is CN(C)c1nc(N)nc(CSC(C)(C)C(=O)O)n1. The quantitative estimate of drug-likeness (QED) is 0.802. The second kappa shape index (κ2) is 5.38. The van der Waals surface area contributed by atoms with Crippen molar-refractivity contribution in [2.75, 3.05) is 24.7 Å². The molecule has 0 aliphatic rings. The Balaban J connectivity index is 2.82. The molecule has 3 N–H and O–H groups in total. The van der Waals surface area contributed by atoms with E-state index in [1.54, 1.807) is 32.8 Å². The molecule has 0 aliphatic heterocycles. The molecule has 0 radical (unpaired) electrons. The summed E-state index contributed by atoms with van der Waals surface area (Å²) in [7, 11) is 3.60. The Morgan fingerprint density at radius 2 is 2.00 bits per heavy atom. The van der Waals surface area contributed by atoms with Crippen LogP contribution in [-0.2, 0) is 10.5 Å². The minimum atomic E-state index is -0.889. The molecular weight excluding hydrogens is 254 g/mol. The van der Waals surface area contributed by atoms with Gasteiger partial charge in [0.15, 0.2) is 0 Å². The number of hydrogen-bond acceptors (Lipinski definition) is 7. The first kappa shape index (κ1) is 14.5. The average molecular weight is 271 g/mol. The highest BCUT2D eigenvalue weighted by atomic mass is 32.2. The van der Waals surface area contributed by atoms with Crippen molar-refractivity contribution >= 4 is 29.6 Å². The van der Waals surface area contributed by atoms with Crippen LogP contribution in [-0.4, -0.2) is 44.9 Å². The van der Waals surface area contributed by atoms with Crippen LogP contribution in [0.4, 0.5) is 11.9 Å². The molecule has 0 fully saturated rings. The molecule has 7 nitrogen and oxygen atoms in total. The number of hydrogen-bond donors (Lipinski definition) is 2. The van der Waals surface area contributed by atoms with Gasteiger partial charge in [-0.2, -0.15) is 15.0 Å². The zero-order chi connectivity index (χ0) is 13.9. The predicted molar refractivity (Wildman–Crippen MR) is 71.6 cm³/mol. The molecule has 0 saturated heterocycles. The summed E-state index contributed by atoms with van der Waals surface area (Å²) < 4.78 is -0.889. The molecule has 8 heteroatoms. The van der Waals surface area contributed by atoms with Crippen molar-refractivity contribution < 1.29 is 9.90 Å². The Bertz CT molecular complexity index is 450. The topological polar surface area (TPSA) is 105 Å². The lowest BCUT2D eigenvalue weighted by molar-refractivity contribution is -0.138. The molecule has 1 rings (SSSR count). The summed E-state index contributed by atoms with van der Waals surface area (Å²) in [6, 6.07) is 0. The van der Waals surface area contributed by atoms with Gasteiger partial charge >= 0.3 is 5.97 Å². The van der Waals surface area contributed by atoms with Crippen molar-refractivity contribution in [3.63, 3.8) is 0 Å². The van der Waals surface area contributed by atoms with Gasteiger partial charge in [0.05, 0.1) is 5.75 Å². The molecule has 1 aromatic rings. The second-order valence-electron chi connectivity index (χ2n) is 4.41. The summed E-state index contributed by atoms with van der Waals surface area (Å²) in [6.07, 6.45) is 0. The number of carboxylic acid groups (broad SMARTS) is 1. The van der Waals surface area contributed by atoms with Gasteiger partial charge < -0.3 is 15.7 Å². The van der Waals surface area contributed by atoms with E-state index >= 15 is 0 Å². The van der Waals surface area contributed by atoms with E-state index in [4.69, 9.17) is 10.8 Å². The smallest absolute Gasteiger partial charge is 0.319 e. The number of anilines is 2. The van der Waals surface area contributed by atoms with Crippen LogP contribution in [0.25, 0.3) is 0 Å². The average Bonchev–Trinajstić information content (AvgIpc) is 2.25. The number of rotatable bonds is 5. The molecule has 100 valence electrons. The zero-order valence-corrected chi connectivity index (χ0v) is 11.7. The van der Waals surface area contributed by atoms with Crippen LogP contribution in [0.2, 0.25) is 0 Å². The fourth-order valence-electron chi connectivity index (χ4n) is 0.996. The molecule has 0 spiro atoms. The van der Waals surface area contributed by atoms with Crippen LogP contribution >= 0.6 is 11.8 Å². The number of aliphatic carboxylic acids is 1. The van der Waals surface area contributed by atoms with Crippen LogP contribution in [0.3, 0.4) is 0 Å². The third-order valence-electron chi connectivity index (χ3n) is 2.16. The van der Waals surface area contributed by atoms with E-state index in [1.807, 2.05) is 0 Å². The molecule has 0 saturated carbocycles. The minimum absolute atomic E-state index is 0.137. The van der Waals surface area contributed by atoms with Gasteiger partial charge in [-0.3, -0.25) is 4.79 Å². The van der Waals surface area contributed by atoms with Crippen LogP contribution < -0.4 is 10.6 Å². The number of nitrogen functional groups attached to an aromatic ring is 1. The molecule has 0 aliphatic carbocycles. The van der Waals surface area contributed by atoms with E-state index in [-0.39, 0.29) is 5.95 Å². The van der Waals surface area contributed by atoms with Crippen LogP contribution in [0.15, 0.2) is 0 Å². The van der Waals surface area contributed by atoms with Gasteiger partial charge in [-0.05, 0) is 13.8 Å². The number of carbonyl (C=O) groups is 1. The van der Waals surface area contributed by atoms with Gasteiger partial charge in [0.25, 0.3) is 0 Å². The van der Waals surface area contributed by atoms with Crippen LogP contribution in [0.5, 0.6) is 0 Å². The molecule has 0 amide bonds. The number of aromatic nitrogens is 3. The minimum Gasteiger partial charge on any atom is -0.480 e. The summed E-state index contributed by atoms with van der Waals surface area (Å²) in [5, 5.41) is 9.01. The van der Waals surface area contributed by atoms with Gasteiger partial charge in [0.2, 0.25) is 11.9 Å². The summed E-state index contributed by atoms with van der Waals surface area (Å²) >= 11 is 1.24. The maximum absolute atomic E-state index is 11.0. The monoisotopic (exact) mass is 271 g/mol. The summed E-state index contributed by atoms with van der Waals surface area (Å²) in [5.74, 6) is 0.573. The van der Waals surface area contributed by atoms with Crippen molar-refractivity contribution in [3.8, 4) is 0 Å². The lowest BCUT2D eigenvalue weighted by atomic mass is 10.2. The van der Waals surface area contributed by atoms with Gasteiger partial charge in [-0.15, -0.1) is 11.8 Å².